The minimum absolute atomic E-state index is 0.266. The lowest BCUT2D eigenvalue weighted by atomic mass is 10.1. The summed E-state index contributed by atoms with van der Waals surface area (Å²) in [6, 6.07) is 12.7. The summed E-state index contributed by atoms with van der Waals surface area (Å²) in [5.41, 5.74) is 3.00. The zero-order valence-electron chi connectivity index (χ0n) is 15.5. The Morgan fingerprint density at radius 2 is 2.03 bits per heavy atom. The highest BCUT2D eigenvalue weighted by molar-refractivity contribution is 7.22. The largest absolute Gasteiger partial charge is 0.388 e. The summed E-state index contributed by atoms with van der Waals surface area (Å²) in [7, 11) is 0. The zero-order chi connectivity index (χ0) is 20.4. The van der Waals surface area contributed by atoms with Crippen LogP contribution in [0.4, 0.5) is 5.13 Å². The first kappa shape index (κ1) is 19.4. The molecule has 0 aliphatic rings. The number of pyridine rings is 2. The van der Waals surface area contributed by atoms with E-state index in [-0.39, 0.29) is 11.6 Å². The quantitative estimate of drug-likeness (QED) is 0.465. The van der Waals surface area contributed by atoms with E-state index in [0.717, 1.165) is 10.2 Å². The number of amides is 1. The smallest absolute Gasteiger partial charge is 0.276 e. The predicted octanol–water partition coefficient (Wildman–Crippen LogP) is 5.10. The van der Waals surface area contributed by atoms with Crippen LogP contribution in [-0.4, -0.2) is 26.0 Å². The number of aliphatic hydroxyl groups is 1. The van der Waals surface area contributed by atoms with Crippen molar-refractivity contribution in [2.75, 3.05) is 5.32 Å². The summed E-state index contributed by atoms with van der Waals surface area (Å²) in [5.74, 6) is -0.337. The Hall–Kier alpha value is -2.87. The molecule has 0 saturated carbocycles. The van der Waals surface area contributed by atoms with Crippen LogP contribution >= 0.6 is 22.9 Å². The van der Waals surface area contributed by atoms with E-state index in [4.69, 9.17) is 11.6 Å². The Morgan fingerprint density at radius 1 is 1.21 bits per heavy atom. The number of thiazole rings is 1. The third-order valence-corrected chi connectivity index (χ3v) is 5.66. The molecule has 6 nitrogen and oxygen atoms in total. The van der Waals surface area contributed by atoms with Gasteiger partial charge in [0, 0.05) is 23.5 Å². The molecule has 1 atom stereocenters. The number of halogens is 1. The van der Waals surface area contributed by atoms with Gasteiger partial charge in [-0.25, -0.2) is 4.98 Å². The Bertz CT molecular complexity index is 1140. The second kappa shape index (κ2) is 8.24. The molecule has 0 aliphatic heterocycles. The van der Waals surface area contributed by atoms with Crippen molar-refractivity contribution < 1.29 is 9.90 Å². The van der Waals surface area contributed by atoms with Gasteiger partial charge in [0.05, 0.1) is 27.0 Å². The van der Waals surface area contributed by atoms with Crippen LogP contribution in [-0.2, 0) is 0 Å². The highest BCUT2D eigenvalue weighted by Gasteiger charge is 2.14. The van der Waals surface area contributed by atoms with Crippen LogP contribution < -0.4 is 5.32 Å². The number of fused-ring (bicyclic) bond motifs is 1. The second-order valence-electron chi connectivity index (χ2n) is 6.40. The first-order valence-electron chi connectivity index (χ1n) is 9.02. The number of hydrogen-bond acceptors (Lipinski definition) is 6. The van der Waals surface area contributed by atoms with Gasteiger partial charge in [0.2, 0.25) is 0 Å². The van der Waals surface area contributed by atoms with Crippen molar-refractivity contribution in [2.45, 2.75) is 19.4 Å². The molecule has 0 fully saturated rings. The monoisotopic (exact) mass is 424 g/mol. The number of nitrogens with one attached hydrogen (secondary N) is 1. The van der Waals surface area contributed by atoms with Crippen molar-refractivity contribution in [3.8, 4) is 11.3 Å². The number of carbonyl (C=O) groups excluding carboxylic acids is 1. The molecule has 4 aromatic rings. The van der Waals surface area contributed by atoms with Crippen LogP contribution in [0.15, 0.2) is 54.9 Å². The van der Waals surface area contributed by atoms with Gasteiger partial charge in [0.15, 0.2) is 5.13 Å². The Balaban J connectivity index is 1.52. The molecular weight excluding hydrogens is 408 g/mol. The van der Waals surface area contributed by atoms with Crippen LogP contribution in [0, 0.1) is 0 Å². The van der Waals surface area contributed by atoms with Gasteiger partial charge in [-0.1, -0.05) is 42.0 Å². The minimum Gasteiger partial charge on any atom is -0.388 e. The molecule has 1 amide bonds. The SMILES string of the molecule is CCC(O)c1cnc(-c2ccc(C(=O)Nc3nc4ccccc4s3)nc2)c(Cl)c1. The molecule has 4 rings (SSSR count). The van der Waals surface area contributed by atoms with Crippen molar-refractivity contribution in [3.05, 3.63) is 71.1 Å². The number of rotatable bonds is 5. The summed E-state index contributed by atoms with van der Waals surface area (Å²) in [4.78, 5) is 25.5. The summed E-state index contributed by atoms with van der Waals surface area (Å²) >= 11 is 7.73. The lowest BCUT2D eigenvalue weighted by molar-refractivity contribution is 0.102. The predicted molar refractivity (Wildman–Crippen MR) is 115 cm³/mol. The molecule has 146 valence electrons. The number of anilines is 1. The highest BCUT2D eigenvalue weighted by Crippen LogP contribution is 2.29. The van der Waals surface area contributed by atoms with E-state index in [1.807, 2.05) is 31.2 Å². The maximum absolute atomic E-state index is 12.5. The number of carbonyl (C=O) groups is 1. The Morgan fingerprint density at radius 3 is 2.72 bits per heavy atom. The van der Waals surface area contributed by atoms with Crippen molar-refractivity contribution in [2.24, 2.45) is 0 Å². The van der Waals surface area contributed by atoms with Crippen molar-refractivity contribution in [1.29, 1.82) is 0 Å². The molecule has 3 heterocycles. The number of aliphatic hydroxyl groups excluding tert-OH is 1. The van der Waals surface area contributed by atoms with Gasteiger partial charge in [-0.05, 0) is 36.8 Å². The molecule has 29 heavy (non-hydrogen) atoms. The van der Waals surface area contributed by atoms with E-state index >= 15 is 0 Å². The lowest BCUT2D eigenvalue weighted by Gasteiger charge is -2.10. The van der Waals surface area contributed by atoms with Crippen molar-refractivity contribution >= 4 is 44.2 Å². The summed E-state index contributed by atoms with van der Waals surface area (Å²) in [5, 5.41) is 13.6. The number of aromatic nitrogens is 3. The van der Waals surface area contributed by atoms with Gasteiger partial charge in [0.25, 0.3) is 5.91 Å². The van der Waals surface area contributed by atoms with Gasteiger partial charge in [-0.3, -0.25) is 20.1 Å². The van der Waals surface area contributed by atoms with Crippen LogP contribution in [0.25, 0.3) is 21.5 Å². The van der Waals surface area contributed by atoms with E-state index in [1.165, 1.54) is 11.3 Å². The van der Waals surface area contributed by atoms with E-state index < -0.39 is 6.10 Å². The number of nitrogens with zero attached hydrogens (tertiary/aromatic N) is 3. The summed E-state index contributed by atoms with van der Waals surface area (Å²) in [6.45, 7) is 1.88. The maximum atomic E-state index is 12.5. The fourth-order valence-corrected chi connectivity index (χ4v) is 3.98. The van der Waals surface area contributed by atoms with E-state index in [9.17, 15) is 9.90 Å². The number of benzene rings is 1. The molecule has 0 saturated heterocycles. The maximum Gasteiger partial charge on any atom is 0.276 e. The first-order valence-corrected chi connectivity index (χ1v) is 10.2. The molecule has 2 N–H and O–H groups in total. The Kier molecular flexibility index (Phi) is 5.53. The molecule has 0 bridgehead atoms. The number of hydrogen-bond donors (Lipinski definition) is 2. The third kappa shape index (κ3) is 4.12. The van der Waals surface area contributed by atoms with Crippen LogP contribution in [0.5, 0.6) is 0 Å². The van der Waals surface area contributed by atoms with Crippen molar-refractivity contribution in [3.63, 3.8) is 0 Å². The lowest BCUT2D eigenvalue weighted by Crippen LogP contribution is -2.13. The minimum atomic E-state index is -0.597. The third-order valence-electron chi connectivity index (χ3n) is 4.42. The second-order valence-corrected chi connectivity index (χ2v) is 7.83. The molecule has 0 spiro atoms. The zero-order valence-corrected chi connectivity index (χ0v) is 17.0. The average Bonchev–Trinajstić information content (AvgIpc) is 3.15. The topological polar surface area (TPSA) is 88.0 Å². The summed E-state index contributed by atoms with van der Waals surface area (Å²) < 4.78 is 1.00. The first-order chi connectivity index (χ1) is 14.0. The summed E-state index contributed by atoms with van der Waals surface area (Å²) in [6.07, 6.45) is 3.14. The molecule has 8 heteroatoms. The van der Waals surface area contributed by atoms with Gasteiger partial charge in [-0.2, -0.15) is 0 Å². The van der Waals surface area contributed by atoms with E-state index in [2.05, 4.69) is 20.3 Å². The molecule has 3 aromatic heterocycles. The normalized spacial score (nSPS) is 12.1. The van der Waals surface area contributed by atoms with Crippen LogP contribution in [0.1, 0.15) is 35.5 Å². The van der Waals surface area contributed by atoms with Gasteiger partial charge < -0.3 is 5.11 Å². The van der Waals surface area contributed by atoms with Gasteiger partial charge in [0.1, 0.15) is 5.69 Å². The highest BCUT2D eigenvalue weighted by atomic mass is 35.5. The van der Waals surface area contributed by atoms with Gasteiger partial charge >= 0.3 is 0 Å². The molecule has 0 radical (unpaired) electrons. The fourth-order valence-electron chi connectivity index (χ4n) is 2.84. The van der Waals surface area contributed by atoms with Crippen molar-refractivity contribution in [1.82, 2.24) is 15.0 Å². The van der Waals surface area contributed by atoms with E-state index in [1.54, 1.807) is 30.6 Å². The Labute approximate surface area is 176 Å². The molecule has 1 aromatic carbocycles. The van der Waals surface area contributed by atoms with Crippen LogP contribution in [0.3, 0.4) is 0 Å². The average molecular weight is 425 g/mol. The molecule has 1 unspecified atom stereocenters. The van der Waals surface area contributed by atoms with Gasteiger partial charge in [-0.15, -0.1) is 0 Å². The molecule has 0 aliphatic carbocycles. The standard InChI is InChI=1S/C21H17ClN4O2S/c1-2-17(27)13-9-14(22)19(24-11-13)12-7-8-16(23-10-12)20(28)26-21-25-15-5-3-4-6-18(15)29-21/h3-11,17,27H,2H2,1H3,(H,25,26,28). The van der Waals surface area contributed by atoms with E-state index in [0.29, 0.717) is 33.4 Å². The van der Waals surface area contributed by atoms with Crippen LogP contribution in [0.2, 0.25) is 5.02 Å². The molecular formula is C21H17ClN4O2S. The number of para-hydroxylation sites is 1. The fraction of sp³-hybridized carbons (Fsp3) is 0.143.